The Hall–Kier alpha value is -4.06. The van der Waals surface area contributed by atoms with E-state index in [0.717, 1.165) is 23.1 Å². The molecule has 35 heavy (non-hydrogen) atoms. The highest BCUT2D eigenvalue weighted by Crippen LogP contribution is 2.39. The molecule has 1 N–H and O–H groups in total. The lowest BCUT2D eigenvalue weighted by Crippen LogP contribution is -2.54. The van der Waals surface area contributed by atoms with Gasteiger partial charge in [-0.2, -0.15) is 0 Å². The van der Waals surface area contributed by atoms with Crippen LogP contribution in [0.4, 0.5) is 0 Å². The fraction of sp³-hybridized carbons (Fsp3) is 0.241. The molecule has 3 aromatic carbocycles. The molecule has 1 fully saturated rings. The van der Waals surface area contributed by atoms with Crippen LogP contribution in [0.25, 0.3) is 5.57 Å². The summed E-state index contributed by atoms with van der Waals surface area (Å²) in [6.45, 7) is 1.44. The van der Waals surface area contributed by atoms with E-state index >= 15 is 0 Å². The van der Waals surface area contributed by atoms with E-state index in [1.807, 2.05) is 60.7 Å². The van der Waals surface area contributed by atoms with Gasteiger partial charge in [-0.3, -0.25) is 9.59 Å². The number of hydrogen-bond acceptors (Lipinski definition) is 4. The van der Waals surface area contributed by atoms with E-state index in [9.17, 15) is 14.7 Å². The van der Waals surface area contributed by atoms with Crippen LogP contribution in [0, 0.1) is 0 Å². The van der Waals surface area contributed by atoms with Crippen LogP contribution < -0.4 is 4.74 Å². The van der Waals surface area contributed by atoms with Gasteiger partial charge in [0, 0.05) is 18.7 Å². The van der Waals surface area contributed by atoms with Crippen molar-refractivity contribution >= 4 is 17.4 Å². The van der Waals surface area contributed by atoms with Crippen molar-refractivity contribution in [2.24, 2.45) is 0 Å². The number of amides is 2. The van der Waals surface area contributed by atoms with Gasteiger partial charge in [0.25, 0.3) is 5.91 Å². The molecule has 0 saturated carbocycles. The summed E-state index contributed by atoms with van der Waals surface area (Å²) < 4.78 is 6.13. The molecule has 0 aromatic heterocycles. The van der Waals surface area contributed by atoms with Crippen molar-refractivity contribution in [2.75, 3.05) is 19.6 Å². The van der Waals surface area contributed by atoms with Crippen LogP contribution in [0.3, 0.4) is 0 Å². The molecule has 0 atom stereocenters. The van der Waals surface area contributed by atoms with Gasteiger partial charge in [-0.05, 0) is 54.2 Å². The number of nitrogens with zero attached hydrogens (tertiary/aromatic N) is 2. The summed E-state index contributed by atoms with van der Waals surface area (Å²) in [6, 6.07) is 24.7. The van der Waals surface area contributed by atoms with Gasteiger partial charge >= 0.3 is 0 Å². The molecule has 2 amide bonds. The highest BCUT2D eigenvalue weighted by molar-refractivity contribution is 6.09. The maximum Gasteiger partial charge on any atom is 0.271 e. The first-order chi connectivity index (χ1) is 17.1. The van der Waals surface area contributed by atoms with E-state index in [1.165, 1.54) is 0 Å². The molecule has 0 spiro atoms. The third-order valence-corrected chi connectivity index (χ3v) is 6.52. The van der Waals surface area contributed by atoms with E-state index in [-0.39, 0.29) is 24.1 Å². The van der Waals surface area contributed by atoms with Gasteiger partial charge in [0.1, 0.15) is 30.3 Å². The Bertz CT molecular complexity index is 1250. The number of hydrogen-bond donors (Lipinski definition) is 1. The summed E-state index contributed by atoms with van der Waals surface area (Å²) in [5.41, 5.74) is 3.96. The highest BCUT2D eigenvalue weighted by atomic mass is 16.5. The quantitative estimate of drug-likeness (QED) is 0.558. The Morgan fingerprint density at radius 2 is 1.60 bits per heavy atom. The van der Waals surface area contributed by atoms with Crippen molar-refractivity contribution in [3.63, 3.8) is 0 Å². The van der Waals surface area contributed by atoms with Gasteiger partial charge in [0.15, 0.2) is 0 Å². The third kappa shape index (κ3) is 4.92. The van der Waals surface area contributed by atoms with E-state index < -0.39 is 0 Å². The van der Waals surface area contributed by atoms with Crippen LogP contribution in [0.15, 0.2) is 84.6 Å². The topological polar surface area (TPSA) is 70.1 Å². The zero-order valence-electron chi connectivity index (χ0n) is 19.5. The van der Waals surface area contributed by atoms with E-state index in [2.05, 4.69) is 0 Å². The van der Waals surface area contributed by atoms with Gasteiger partial charge in [-0.15, -0.1) is 0 Å². The molecule has 0 unspecified atom stereocenters. The number of phenols is 1. The third-order valence-electron chi connectivity index (χ3n) is 6.52. The zero-order valence-corrected chi connectivity index (χ0v) is 19.5. The molecule has 1 saturated heterocycles. The normalized spacial score (nSPS) is 15.9. The Labute approximate surface area is 205 Å². The lowest BCUT2D eigenvalue weighted by atomic mass is 9.92. The summed E-state index contributed by atoms with van der Waals surface area (Å²) in [4.78, 5) is 30.0. The molecule has 178 valence electrons. The Morgan fingerprint density at radius 1 is 0.886 bits per heavy atom. The number of carbonyl (C=O) groups excluding carboxylic acids is 2. The van der Waals surface area contributed by atoms with Crippen molar-refractivity contribution in [3.8, 4) is 11.5 Å². The van der Waals surface area contributed by atoms with Crippen molar-refractivity contribution in [1.82, 2.24) is 9.80 Å². The summed E-state index contributed by atoms with van der Waals surface area (Å²) >= 11 is 0. The van der Waals surface area contributed by atoms with Gasteiger partial charge in [0.05, 0.1) is 0 Å². The van der Waals surface area contributed by atoms with Crippen molar-refractivity contribution < 1.29 is 19.4 Å². The fourth-order valence-electron chi connectivity index (χ4n) is 4.74. The molecule has 5 rings (SSSR count). The lowest BCUT2D eigenvalue weighted by molar-refractivity contribution is -0.145. The molecule has 2 aliphatic rings. The summed E-state index contributed by atoms with van der Waals surface area (Å²) in [6.07, 6.45) is 2.05. The number of rotatable bonds is 7. The summed E-state index contributed by atoms with van der Waals surface area (Å²) in [5.74, 6) is 0.454. The number of carbonyl (C=O) groups is 2. The predicted octanol–water partition coefficient (Wildman–Crippen LogP) is 4.39. The predicted molar refractivity (Wildman–Crippen MR) is 133 cm³/mol. The first-order valence-corrected chi connectivity index (χ1v) is 12.0. The van der Waals surface area contributed by atoms with Crippen LogP contribution in [-0.2, 0) is 22.6 Å². The van der Waals surface area contributed by atoms with Gasteiger partial charge < -0.3 is 19.6 Å². The molecule has 6 heteroatoms. The number of aromatic hydroxyl groups is 1. The molecular weight excluding hydrogens is 440 g/mol. The minimum Gasteiger partial charge on any atom is -0.508 e. The van der Waals surface area contributed by atoms with Gasteiger partial charge in [-0.25, -0.2) is 0 Å². The average Bonchev–Trinajstić information content (AvgIpc) is 2.90. The fourth-order valence-corrected chi connectivity index (χ4v) is 4.74. The van der Waals surface area contributed by atoms with Gasteiger partial charge in [-0.1, -0.05) is 60.7 Å². The second kappa shape index (κ2) is 10.1. The molecule has 3 aromatic rings. The molecular formula is C29H28N2O4. The maximum atomic E-state index is 13.7. The van der Waals surface area contributed by atoms with Crippen molar-refractivity contribution in [3.05, 3.63) is 101 Å². The monoisotopic (exact) mass is 468 g/mol. The van der Waals surface area contributed by atoms with Crippen LogP contribution in [0.2, 0.25) is 0 Å². The SMILES string of the molecule is O=C1C2=C(c3cc(O)ccc3OCc3ccccc3)CCCN2C(=O)CN1CCc1ccccc1. The largest absolute Gasteiger partial charge is 0.508 e. The van der Waals surface area contributed by atoms with Crippen LogP contribution in [0.1, 0.15) is 29.5 Å². The smallest absolute Gasteiger partial charge is 0.271 e. The maximum absolute atomic E-state index is 13.7. The summed E-state index contributed by atoms with van der Waals surface area (Å²) in [7, 11) is 0. The number of piperazine rings is 1. The number of benzene rings is 3. The molecule has 0 radical (unpaired) electrons. The van der Waals surface area contributed by atoms with Crippen molar-refractivity contribution in [1.29, 1.82) is 0 Å². The second-order valence-electron chi connectivity index (χ2n) is 8.89. The molecule has 2 heterocycles. The number of phenolic OH excluding ortho intramolecular Hbond substituents is 1. The minimum absolute atomic E-state index is 0.0724. The van der Waals surface area contributed by atoms with E-state index in [0.29, 0.717) is 49.5 Å². The molecule has 6 nitrogen and oxygen atoms in total. The number of ether oxygens (including phenoxy) is 1. The Morgan fingerprint density at radius 3 is 2.34 bits per heavy atom. The zero-order chi connectivity index (χ0) is 24.2. The number of fused-ring (bicyclic) bond motifs is 1. The van der Waals surface area contributed by atoms with E-state index in [4.69, 9.17) is 4.74 Å². The van der Waals surface area contributed by atoms with Crippen LogP contribution in [-0.4, -0.2) is 46.4 Å². The molecule has 0 bridgehead atoms. The first kappa shape index (κ1) is 22.7. The van der Waals surface area contributed by atoms with Crippen molar-refractivity contribution in [2.45, 2.75) is 25.9 Å². The molecule has 0 aliphatic carbocycles. The Balaban J connectivity index is 1.47. The van der Waals surface area contributed by atoms with Gasteiger partial charge in [0.2, 0.25) is 5.91 Å². The minimum atomic E-state index is -0.146. The van der Waals surface area contributed by atoms with Crippen LogP contribution >= 0.6 is 0 Å². The Kier molecular flexibility index (Phi) is 6.53. The first-order valence-electron chi connectivity index (χ1n) is 12.0. The summed E-state index contributed by atoms with van der Waals surface area (Å²) in [5, 5.41) is 10.3. The highest BCUT2D eigenvalue weighted by Gasteiger charge is 2.39. The number of allylic oxidation sites excluding steroid dienone is 1. The average molecular weight is 469 g/mol. The van der Waals surface area contributed by atoms with E-state index in [1.54, 1.807) is 28.0 Å². The second-order valence-corrected chi connectivity index (χ2v) is 8.89. The standard InChI is InChI=1S/C29H28N2O4/c32-23-13-14-26(35-20-22-10-5-2-6-11-22)25(18-23)24-12-7-16-31-27(33)19-30(29(34)28(24)31)17-15-21-8-3-1-4-9-21/h1-6,8-11,13-14,18,32H,7,12,15-17,19-20H2. The van der Waals surface area contributed by atoms with Crippen LogP contribution in [0.5, 0.6) is 11.5 Å². The molecule has 2 aliphatic heterocycles. The lowest BCUT2D eigenvalue weighted by Gasteiger charge is -2.40.